The van der Waals surface area contributed by atoms with E-state index in [4.69, 9.17) is 0 Å². The van der Waals surface area contributed by atoms with E-state index in [1.165, 1.54) is 0 Å². The molecule has 6 heteroatoms. The first-order valence-corrected chi connectivity index (χ1v) is 8.12. The highest BCUT2D eigenvalue weighted by atomic mass is 16.2. The molecule has 0 atom stereocenters. The second kappa shape index (κ2) is 5.96. The molecule has 0 radical (unpaired) electrons. The average molecular weight is 321 g/mol. The lowest BCUT2D eigenvalue weighted by atomic mass is 10.1. The minimum atomic E-state index is -0.0900. The molecule has 1 amide bonds. The Morgan fingerprint density at radius 2 is 2.12 bits per heavy atom. The van der Waals surface area contributed by atoms with Crippen molar-refractivity contribution in [2.45, 2.75) is 25.3 Å². The Kier molecular flexibility index (Phi) is 3.65. The number of amides is 1. The number of carbonyl (C=O) groups excluding carboxylic acids is 1. The van der Waals surface area contributed by atoms with Crippen LogP contribution < -0.4 is 5.32 Å². The number of aryl methyl sites for hydroxylation is 1. The Labute approximate surface area is 139 Å². The molecule has 1 saturated carbocycles. The van der Waals surface area contributed by atoms with Crippen LogP contribution in [0.4, 0.5) is 0 Å². The molecular formula is C18H19N5O. The van der Waals surface area contributed by atoms with Gasteiger partial charge >= 0.3 is 0 Å². The molecule has 2 N–H and O–H groups in total. The van der Waals surface area contributed by atoms with Gasteiger partial charge < -0.3 is 5.32 Å². The van der Waals surface area contributed by atoms with Crippen molar-refractivity contribution in [1.82, 2.24) is 25.3 Å². The van der Waals surface area contributed by atoms with Crippen LogP contribution in [0.15, 0.2) is 42.6 Å². The van der Waals surface area contributed by atoms with Crippen molar-refractivity contribution in [3.05, 3.63) is 59.5 Å². The first-order chi connectivity index (χ1) is 11.7. The number of aromatic nitrogens is 4. The molecule has 1 aliphatic carbocycles. The molecule has 1 fully saturated rings. The maximum atomic E-state index is 12.5. The number of hydrogen-bond donors (Lipinski definition) is 2. The highest BCUT2D eigenvalue weighted by Crippen LogP contribution is 2.41. The zero-order valence-electron chi connectivity index (χ0n) is 13.5. The smallest absolute Gasteiger partial charge is 0.270 e. The van der Waals surface area contributed by atoms with Gasteiger partial charge in [0.2, 0.25) is 0 Å². The van der Waals surface area contributed by atoms with E-state index in [0.29, 0.717) is 18.2 Å². The number of nitrogens with zero attached hydrogens (tertiary/aromatic N) is 3. The average Bonchev–Trinajstić information content (AvgIpc) is 3.21. The highest BCUT2D eigenvalue weighted by molar-refractivity contribution is 5.94. The standard InChI is InChI=1S/C18H19N5O/c1-23-17(15(11-20-23)12-7-8-12)18(24)19-10-14-9-16(22-21-14)13-5-3-2-4-6-13/h2-6,9,11-12H,7-8,10H2,1H3,(H,19,24)(H,21,22). The Morgan fingerprint density at radius 3 is 2.88 bits per heavy atom. The second-order valence-electron chi connectivity index (χ2n) is 6.17. The summed E-state index contributed by atoms with van der Waals surface area (Å²) >= 11 is 0. The van der Waals surface area contributed by atoms with Crippen molar-refractivity contribution in [2.24, 2.45) is 7.05 Å². The monoisotopic (exact) mass is 321 g/mol. The lowest BCUT2D eigenvalue weighted by Crippen LogP contribution is -2.26. The van der Waals surface area contributed by atoms with Crippen molar-refractivity contribution in [2.75, 3.05) is 0 Å². The van der Waals surface area contributed by atoms with E-state index in [1.54, 1.807) is 4.68 Å². The second-order valence-corrected chi connectivity index (χ2v) is 6.17. The van der Waals surface area contributed by atoms with Gasteiger partial charge in [0.15, 0.2) is 0 Å². The summed E-state index contributed by atoms with van der Waals surface area (Å²) in [6, 6.07) is 11.9. The van der Waals surface area contributed by atoms with Crippen LogP contribution in [-0.4, -0.2) is 25.9 Å². The third-order valence-electron chi connectivity index (χ3n) is 4.34. The molecule has 0 aliphatic heterocycles. The van der Waals surface area contributed by atoms with E-state index in [1.807, 2.05) is 49.6 Å². The maximum Gasteiger partial charge on any atom is 0.270 e. The highest BCUT2D eigenvalue weighted by Gasteiger charge is 2.30. The summed E-state index contributed by atoms with van der Waals surface area (Å²) in [5.41, 5.74) is 4.52. The molecule has 0 saturated heterocycles. The molecule has 1 aromatic carbocycles. The third-order valence-corrected chi connectivity index (χ3v) is 4.34. The van der Waals surface area contributed by atoms with Crippen LogP contribution in [0.25, 0.3) is 11.3 Å². The Morgan fingerprint density at radius 1 is 1.33 bits per heavy atom. The Bertz CT molecular complexity index is 861. The van der Waals surface area contributed by atoms with Gasteiger partial charge in [0, 0.05) is 18.2 Å². The normalized spacial score (nSPS) is 13.9. The van der Waals surface area contributed by atoms with Gasteiger partial charge in [-0.05, 0) is 24.8 Å². The molecular weight excluding hydrogens is 302 g/mol. The van der Waals surface area contributed by atoms with Crippen molar-refractivity contribution >= 4 is 5.91 Å². The molecule has 0 bridgehead atoms. The SMILES string of the molecule is Cn1ncc(C2CC2)c1C(=O)NCc1cc(-c2ccccc2)n[nH]1. The van der Waals surface area contributed by atoms with Crippen LogP contribution >= 0.6 is 0 Å². The molecule has 0 unspecified atom stereocenters. The third kappa shape index (κ3) is 2.82. The molecule has 3 aromatic rings. The lowest BCUT2D eigenvalue weighted by Gasteiger charge is -2.06. The van der Waals surface area contributed by atoms with Gasteiger partial charge in [-0.2, -0.15) is 10.2 Å². The zero-order valence-corrected chi connectivity index (χ0v) is 13.5. The molecule has 0 spiro atoms. The van der Waals surface area contributed by atoms with Crippen LogP contribution in [0.1, 0.15) is 40.5 Å². The van der Waals surface area contributed by atoms with E-state index in [-0.39, 0.29) is 5.91 Å². The van der Waals surface area contributed by atoms with Gasteiger partial charge in [0.1, 0.15) is 5.69 Å². The predicted molar refractivity (Wildman–Crippen MR) is 90.4 cm³/mol. The number of carbonyl (C=O) groups is 1. The van der Waals surface area contributed by atoms with Crippen LogP contribution in [0.3, 0.4) is 0 Å². The molecule has 6 nitrogen and oxygen atoms in total. The summed E-state index contributed by atoms with van der Waals surface area (Å²) in [6.45, 7) is 0.411. The van der Waals surface area contributed by atoms with Gasteiger partial charge in [-0.25, -0.2) is 0 Å². The predicted octanol–water partition coefficient (Wildman–Crippen LogP) is 2.62. The van der Waals surface area contributed by atoms with E-state index in [9.17, 15) is 4.79 Å². The van der Waals surface area contributed by atoms with Crippen LogP contribution in [0.5, 0.6) is 0 Å². The quantitative estimate of drug-likeness (QED) is 0.758. The van der Waals surface area contributed by atoms with Crippen molar-refractivity contribution in [1.29, 1.82) is 0 Å². The lowest BCUT2D eigenvalue weighted by molar-refractivity contribution is 0.0940. The summed E-state index contributed by atoms with van der Waals surface area (Å²) in [7, 11) is 1.81. The molecule has 24 heavy (non-hydrogen) atoms. The fourth-order valence-electron chi connectivity index (χ4n) is 2.89. The van der Waals surface area contributed by atoms with Gasteiger partial charge in [0.05, 0.1) is 24.1 Å². The van der Waals surface area contributed by atoms with E-state index >= 15 is 0 Å². The molecule has 4 rings (SSSR count). The van der Waals surface area contributed by atoms with Crippen molar-refractivity contribution in [3.63, 3.8) is 0 Å². The molecule has 1 aliphatic rings. The van der Waals surface area contributed by atoms with Gasteiger partial charge in [-0.3, -0.25) is 14.6 Å². The number of nitrogens with one attached hydrogen (secondary N) is 2. The van der Waals surface area contributed by atoms with Crippen molar-refractivity contribution in [3.8, 4) is 11.3 Å². The molecule has 2 heterocycles. The maximum absolute atomic E-state index is 12.5. The minimum absolute atomic E-state index is 0.0900. The summed E-state index contributed by atoms with van der Waals surface area (Å²) in [5, 5.41) is 14.5. The van der Waals surface area contributed by atoms with Crippen molar-refractivity contribution < 1.29 is 4.79 Å². The summed E-state index contributed by atoms with van der Waals surface area (Å²) < 4.78 is 1.66. The first kappa shape index (κ1) is 14.7. The van der Waals surface area contributed by atoms with Crippen LogP contribution in [0.2, 0.25) is 0 Å². The van der Waals surface area contributed by atoms with E-state index in [0.717, 1.165) is 35.4 Å². The minimum Gasteiger partial charge on any atom is -0.345 e. The Hall–Kier alpha value is -2.89. The summed E-state index contributed by atoms with van der Waals surface area (Å²) in [6.07, 6.45) is 4.11. The van der Waals surface area contributed by atoms with Gasteiger partial charge in [0.25, 0.3) is 5.91 Å². The number of aromatic amines is 1. The number of H-pyrrole nitrogens is 1. The topological polar surface area (TPSA) is 75.6 Å². The fourth-order valence-corrected chi connectivity index (χ4v) is 2.89. The van der Waals surface area contributed by atoms with E-state index < -0.39 is 0 Å². The zero-order chi connectivity index (χ0) is 16.5. The Balaban J connectivity index is 1.45. The van der Waals surface area contributed by atoms with E-state index in [2.05, 4.69) is 20.6 Å². The fraction of sp³-hybridized carbons (Fsp3) is 0.278. The molecule has 2 aromatic heterocycles. The summed E-state index contributed by atoms with van der Waals surface area (Å²) in [4.78, 5) is 12.5. The van der Waals surface area contributed by atoms with Gasteiger partial charge in [-0.1, -0.05) is 30.3 Å². The number of hydrogen-bond acceptors (Lipinski definition) is 3. The number of benzene rings is 1. The van der Waals surface area contributed by atoms with Crippen LogP contribution in [0, 0.1) is 0 Å². The number of rotatable bonds is 5. The summed E-state index contributed by atoms with van der Waals surface area (Å²) in [5.74, 6) is 0.407. The van der Waals surface area contributed by atoms with Gasteiger partial charge in [-0.15, -0.1) is 0 Å². The first-order valence-electron chi connectivity index (χ1n) is 8.12. The molecule has 122 valence electrons. The largest absolute Gasteiger partial charge is 0.345 e. The van der Waals surface area contributed by atoms with Crippen LogP contribution in [-0.2, 0) is 13.6 Å².